The summed E-state index contributed by atoms with van der Waals surface area (Å²) < 4.78 is 22.3. The van der Waals surface area contributed by atoms with E-state index in [1.54, 1.807) is 6.07 Å². The topological polar surface area (TPSA) is 69.3 Å². The molecule has 7 nitrogen and oxygen atoms in total. The molecule has 3 aliphatic heterocycles. The Hall–Kier alpha value is -2.93. The zero-order chi connectivity index (χ0) is 19.6. The number of ether oxygens (including phenoxy) is 4. The predicted molar refractivity (Wildman–Crippen MR) is 107 cm³/mol. The molecule has 3 heterocycles. The summed E-state index contributed by atoms with van der Waals surface area (Å²) in [5.41, 5.74) is 1.88. The number of rotatable bonds is 4. The monoisotopic (exact) mass is 396 g/mol. The lowest BCUT2D eigenvalue weighted by Gasteiger charge is -2.25. The molecule has 0 aliphatic carbocycles. The van der Waals surface area contributed by atoms with E-state index in [0.29, 0.717) is 36.9 Å². The molecule has 0 saturated carbocycles. The van der Waals surface area contributed by atoms with Crippen LogP contribution in [0.3, 0.4) is 0 Å². The van der Waals surface area contributed by atoms with Gasteiger partial charge in [-0.25, -0.2) is 0 Å². The number of amides is 1. The van der Waals surface area contributed by atoms with E-state index in [-0.39, 0.29) is 18.7 Å². The molecule has 0 spiro atoms. The maximum Gasteiger partial charge on any atom is 0.238 e. The highest BCUT2D eigenvalue weighted by molar-refractivity contribution is 5.92. The average Bonchev–Trinajstić information content (AvgIpc) is 3.31. The number of anilines is 1. The fourth-order valence-electron chi connectivity index (χ4n) is 4.14. The summed E-state index contributed by atoms with van der Waals surface area (Å²) in [7, 11) is 0. The van der Waals surface area contributed by atoms with Gasteiger partial charge in [0.05, 0.1) is 19.8 Å². The predicted octanol–water partition coefficient (Wildman–Crippen LogP) is 3.35. The van der Waals surface area contributed by atoms with Crippen LogP contribution in [0.15, 0.2) is 36.4 Å². The number of nitrogens with one attached hydrogen (secondary N) is 1. The average molecular weight is 396 g/mol. The van der Waals surface area contributed by atoms with E-state index in [2.05, 4.69) is 22.3 Å². The van der Waals surface area contributed by atoms with E-state index >= 15 is 0 Å². The van der Waals surface area contributed by atoms with Crippen LogP contribution in [-0.4, -0.2) is 43.9 Å². The van der Waals surface area contributed by atoms with Gasteiger partial charge < -0.3 is 24.3 Å². The van der Waals surface area contributed by atoms with Crippen molar-refractivity contribution in [1.82, 2.24) is 4.90 Å². The molecule has 152 valence electrons. The van der Waals surface area contributed by atoms with Crippen molar-refractivity contribution in [3.8, 4) is 23.0 Å². The van der Waals surface area contributed by atoms with Gasteiger partial charge in [-0.15, -0.1) is 0 Å². The van der Waals surface area contributed by atoms with Crippen molar-refractivity contribution in [3.63, 3.8) is 0 Å². The smallest absolute Gasteiger partial charge is 0.238 e. The Kier molecular flexibility index (Phi) is 4.89. The third kappa shape index (κ3) is 3.82. The number of carbonyl (C=O) groups is 1. The van der Waals surface area contributed by atoms with Crippen LogP contribution in [0.1, 0.15) is 30.9 Å². The van der Waals surface area contributed by atoms with Crippen LogP contribution in [0, 0.1) is 0 Å². The molecule has 2 aromatic carbocycles. The van der Waals surface area contributed by atoms with Gasteiger partial charge in [0.25, 0.3) is 0 Å². The maximum absolute atomic E-state index is 12.7. The molecule has 1 N–H and O–H groups in total. The number of hydrogen-bond donors (Lipinski definition) is 1. The highest BCUT2D eigenvalue weighted by Crippen LogP contribution is 2.38. The molecule has 0 aromatic heterocycles. The van der Waals surface area contributed by atoms with E-state index in [4.69, 9.17) is 18.9 Å². The van der Waals surface area contributed by atoms with Crippen LogP contribution >= 0.6 is 0 Å². The molecule has 1 saturated heterocycles. The summed E-state index contributed by atoms with van der Waals surface area (Å²) in [6.45, 7) is 2.81. The first kappa shape index (κ1) is 18.1. The molecule has 29 heavy (non-hydrogen) atoms. The Morgan fingerprint density at radius 2 is 1.69 bits per heavy atom. The highest BCUT2D eigenvalue weighted by atomic mass is 16.7. The second kappa shape index (κ2) is 7.83. The van der Waals surface area contributed by atoms with Gasteiger partial charge in [0.1, 0.15) is 0 Å². The fourth-order valence-corrected chi connectivity index (χ4v) is 4.14. The third-order valence-electron chi connectivity index (χ3n) is 5.52. The summed E-state index contributed by atoms with van der Waals surface area (Å²) >= 11 is 0. The maximum atomic E-state index is 12.7. The molecular formula is C22H24N2O5. The molecular weight excluding hydrogens is 372 g/mol. The van der Waals surface area contributed by atoms with Crippen LogP contribution in [0.5, 0.6) is 23.0 Å². The standard InChI is InChI=1S/C22H24N2O5/c25-22(23-16-5-7-19-21(12-16)29-14-28-19)13-24-8-1-3-17(24)15-4-6-18-20(11-15)27-10-2-9-26-18/h4-7,11-12,17H,1-3,8-10,13-14H2,(H,23,25)/t17-/m0/s1. The number of carbonyl (C=O) groups excluding carboxylic acids is 1. The SMILES string of the molecule is O=C(CN1CCC[C@H]1c1ccc2c(c1)OCCCO2)Nc1ccc2c(c1)OCO2. The number of hydrogen-bond acceptors (Lipinski definition) is 6. The Morgan fingerprint density at radius 3 is 2.62 bits per heavy atom. The molecule has 5 rings (SSSR count). The number of nitrogens with zero attached hydrogens (tertiary/aromatic N) is 1. The minimum absolute atomic E-state index is 0.0369. The highest BCUT2D eigenvalue weighted by Gasteiger charge is 2.28. The summed E-state index contributed by atoms with van der Waals surface area (Å²) in [5.74, 6) is 2.93. The second-order valence-corrected chi connectivity index (χ2v) is 7.50. The molecule has 0 unspecified atom stereocenters. The van der Waals surface area contributed by atoms with Gasteiger partial charge in [-0.1, -0.05) is 6.07 Å². The van der Waals surface area contributed by atoms with Crippen LogP contribution < -0.4 is 24.3 Å². The van der Waals surface area contributed by atoms with E-state index in [1.807, 2.05) is 18.2 Å². The Labute approximate surface area is 169 Å². The largest absolute Gasteiger partial charge is 0.490 e. The summed E-state index contributed by atoms with van der Waals surface area (Å²) in [4.78, 5) is 14.9. The van der Waals surface area contributed by atoms with Gasteiger partial charge in [-0.3, -0.25) is 9.69 Å². The lowest BCUT2D eigenvalue weighted by atomic mass is 10.0. The Bertz CT molecular complexity index is 916. The zero-order valence-corrected chi connectivity index (χ0v) is 16.2. The first-order valence-electron chi connectivity index (χ1n) is 10.1. The first-order valence-corrected chi connectivity index (χ1v) is 10.1. The molecule has 1 amide bonds. The van der Waals surface area contributed by atoms with Crippen molar-refractivity contribution in [2.24, 2.45) is 0 Å². The number of fused-ring (bicyclic) bond motifs is 2. The van der Waals surface area contributed by atoms with Crippen molar-refractivity contribution >= 4 is 11.6 Å². The number of benzene rings is 2. The molecule has 1 atom stereocenters. The van der Waals surface area contributed by atoms with Crippen LogP contribution in [-0.2, 0) is 4.79 Å². The van der Waals surface area contributed by atoms with Gasteiger partial charge in [-0.05, 0) is 49.2 Å². The van der Waals surface area contributed by atoms with Gasteiger partial charge in [0, 0.05) is 24.2 Å². The lowest BCUT2D eigenvalue weighted by molar-refractivity contribution is -0.117. The Balaban J connectivity index is 1.26. The third-order valence-corrected chi connectivity index (χ3v) is 5.52. The lowest BCUT2D eigenvalue weighted by Crippen LogP contribution is -2.32. The molecule has 7 heteroatoms. The van der Waals surface area contributed by atoms with Crippen molar-refractivity contribution in [2.45, 2.75) is 25.3 Å². The van der Waals surface area contributed by atoms with Crippen molar-refractivity contribution in [3.05, 3.63) is 42.0 Å². The second-order valence-electron chi connectivity index (χ2n) is 7.50. The molecule has 2 aromatic rings. The number of likely N-dealkylation sites (tertiary alicyclic amines) is 1. The van der Waals surface area contributed by atoms with Gasteiger partial charge >= 0.3 is 0 Å². The summed E-state index contributed by atoms with van der Waals surface area (Å²) in [5, 5.41) is 2.97. The minimum Gasteiger partial charge on any atom is -0.490 e. The van der Waals surface area contributed by atoms with E-state index in [0.717, 1.165) is 37.3 Å². The van der Waals surface area contributed by atoms with Gasteiger partial charge in [0.15, 0.2) is 23.0 Å². The summed E-state index contributed by atoms with van der Waals surface area (Å²) in [6, 6.07) is 11.8. The van der Waals surface area contributed by atoms with Crippen molar-refractivity contribution in [1.29, 1.82) is 0 Å². The van der Waals surface area contributed by atoms with Crippen LogP contribution in [0.4, 0.5) is 5.69 Å². The van der Waals surface area contributed by atoms with Gasteiger partial charge in [-0.2, -0.15) is 0 Å². The van der Waals surface area contributed by atoms with Crippen LogP contribution in [0.25, 0.3) is 0 Å². The first-order chi connectivity index (χ1) is 14.3. The molecule has 0 radical (unpaired) electrons. The van der Waals surface area contributed by atoms with E-state index in [9.17, 15) is 4.79 Å². The van der Waals surface area contributed by atoms with Crippen molar-refractivity contribution < 1.29 is 23.7 Å². The van der Waals surface area contributed by atoms with Crippen LogP contribution in [0.2, 0.25) is 0 Å². The minimum atomic E-state index is -0.0369. The quantitative estimate of drug-likeness (QED) is 0.855. The molecule has 3 aliphatic rings. The normalized spacial score (nSPS) is 20.3. The molecule has 0 bridgehead atoms. The van der Waals surface area contributed by atoms with E-state index in [1.165, 1.54) is 5.56 Å². The van der Waals surface area contributed by atoms with E-state index < -0.39 is 0 Å². The summed E-state index contributed by atoms with van der Waals surface area (Å²) in [6.07, 6.45) is 2.98. The Morgan fingerprint density at radius 1 is 0.931 bits per heavy atom. The zero-order valence-electron chi connectivity index (χ0n) is 16.2. The van der Waals surface area contributed by atoms with Crippen molar-refractivity contribution in [2.75, 3.05) is 38.4 Å². The molecule has 1 fully saturated rings. The fraction of sp³-hybridized carbons (Fsp3) is 0.409. The van der Waals surface area contributed by atoms with Gasteiger partial charge in [0.2, 0.25) is 12.7 Å².